The summed E-state index contributed by atoms with van der Waals surface area (Å²) < 4.78 is 11.0. The van der Waals surface area contributed by atoms with E-state index < -0.39 is 0 Å². The Balaban J connectivity index is 1.98. The first kappa shape index (κ1) is 23.8. The quantitative estimate of drug-likeness (QED) is 0.541. The zero-order valence-electron chi connectivity index (χ0n) is 19.7. The summed E-state index contributed by atoms with van der Waals surface area (Å²) in [4.78, 5) is 11.0. The van der Waals surface area contributed by atoms with Crippen LogP contribution in [0, 0.1) is 17.2 Å². The Morgan fingerprint density at radius 3 is 2.53 bits per heavy atom. The van der Waals surface area contributed by atoms with Crippen molar-refractivity contribution in [3.8, 4) is 12.1 Å². The maximum absolute atomic E-state index is 9.36. The van der Waals surface area contributed by atoms with Gasteiger partial charge in [0.2, 0.25) is 0 Å². The van der Waals surface area contributed by atoms with E-state index in [0.29, 0.717) is 31.0 Å². The molecule has 2 aromatic rings. The van der Waals surface area contributed by atoms with Gasteiger partial charge in [-0.15, -0.1) is 0 Å². The maximum Gasteiger partial charge on any atom is 0.316 e. The van der Waals surface area contributed by atoms with Crippen molar-refractivity contribution < 1.29 is 9.47 Å². The predicted molar refractivity (Wildman–Crippen MR) is 128 cm³/mol. The Hall–Kier alpha value is -2.85. The van der Waals surface area contributed by atoms with Crippen LogP contribution in [0.15, 0.2) is 30.6 Å². The van der Waals surface area contributed by atoms with Gasteiger partial charge in [0.05, 0.1) is 42.1 Å². The summed E-state index contributed by atoms with van der Waals surface area (Å²) in [6.45, 7) is 11.5. The summed E-state index contributed by atoms with van der Waals surface area (Å²) in [5.41, 5.74) is 4.13. The first-order valence-electron chi connectivity index (χ1n) is 11.6. The fourth-order valence-electron chi connectivity index (χ4n) is 4.33. The Morgan fingerprint density at radius 2 is 1.94 bits per heavy atom. The zero-order valence-corrected chi connectivity index (χ0v) is 19.7. The second kappa shape index (κ2) is 11.7. The highest BCUT2D eigenvalue weighted by Gasteiger charge is 2.24. The van der Waals surface area contributed by atoms with Crippen LogP contribution in [-0.4, -0.2) is 42.4 Å². The third kappa shape index (κ3) is 5.89. The van der Waals surface area contributed by atoms with Gasteiger partial charge in [0.15, 0.2) is 0 Å². The van der Waals surface area contributed by atoms with Crippen LogP contribution in [0.4, 0.5) is 17.1 Å². The standard InChI is InChI=1S/C25H35N5O2/c1-5-30(21-10-13-31-14-11-21)24-8-7-19(22(9-12-26)18(3)4)15-23(24)29-20-16-27-25(28-17-20)32-6-2/h7-8,15-18,21-22,29H,5-6,9-11,13-14H2,1-4H3/t22-/m0/s1. The zero-order chi connectivity index (χ0) is 22.9. The molecule has 1 aromatic heterocycles. The van der Waals surface area contributed by atoms with Crippen molar-refractivity contribution >= 4 is 17.1 Å². The van der Waals surface area contributed by atoms with Crippen LogP contribution in [0.25, 0.3) is 0 Å². The minimum atomic E-state index is 0.185. The number of ether oxygens (including phenoxy) is 2. The lowest BCUT2D eigenvalue weighted by molar-refractivity contribution is 0.0846. The van der Waals surface area contributed by atoms with Crippen molar-refractivity contribution in [3.63, 3.8) is 0 Å². The Labute approximate surface area is 191 Å². The largest absolute Gasteiger partial charge is 0.464 e. The molecule has 3 rings (SSSR count). The van der Waals surface area contributed by atoms with Gasteiger partial charge in [-0.2, -0.15) is 5.26 Å². The van der Waals surface area contributed by atoms with E-state index in [4.69, 9.17) is 9.47 Å². The highest BCUT2D eigenvalue weighted by molar-refractivity contribution is 5.76. The van der Waals surface area contributed by atoms with Crippen molar-refractivity contribution in [1.82, 2.24) is 9.97 Å². The number of nitriles is 1. The number of benzene rings is 1. The van der Waals surface area contributed by atoms with E-state index in [2.05, 4.69) is 65.2 Å². The summed E-state index contributed by atoms with van der Waals surface area (Å²) in [6, 6.07) is 9.73. The Bertz CT molecular complexity index is 888. The van der Waals surface area contributed by atoms with Crippen LogP contribution in [0.1, 0.15) is 58.4 Å². The smallest absolute Gasteiger partial charge is 0.316 e. The summed E-state index contributed by atoms with van der Waals surface area (Å²) >= 11 is 0. The van der Waals surface area contributed by atoms with E-state index >= 15 is 0 Å². The molecule has 1 fully saturated rings. The van der Waals surface area contributed by atoms with E-state index in [0.717, 1.165) is 49.7 Å². The van der Waals surface area contributed by atoms with Gasteiger partial charge < -0.3 is 19.7 Å². The van der Waals surface area contributed by atoms with Gasteiger partial charge in [-0.1, -0.05) is 19.9 Å². The minimum Gasteiger partial charge on any atom is -0.464 e. The summed E-state index contributed by atoms with van der Waals surface area (Å²) in [6.07, 6.45) is 6.03. The highest BCUT2D eigenvalue weighted by Crippen LogP contribution is 2.37. The van der Waals surface area contributed by atoms with Gasteiger partial charge >= 0.3 is 6.01 Å². The third-order valence-electron chi connectivity index (χ3n) is 6.03. The molecule has 172 valence electrons. The Kier molecular flexibility index (Phi) is 8.69. The molecule has 1 saturated heterocycles. The van der Waals surface area contributed by atoms with Gasteiger partial charge in [-0.3, -0.25) is 0 Å². The van der Waals surface area contributed by atoms with Crippen LogP contribution in [0.2, 0.25) is 0 Å². The van der Waals surface area contributed by atoms with Crippen LogP contribution in [0.5, 0.6) is 6.01 Å². The van der Waals surface area contributed by atoms with Crippen LogP contribution >= 0.6 is 0 Å². The van der Waals surface area contributed by atoms with Crippen molar-refractivity contribution in [3.05, 3.63) is 36.2 Å². The normalized spacial score (nSPS) is 15.2. The van der Waals surface area contributed by atoms with E-state index in [9.17, 15) is 5.26 Å². The van der Waals surface area contributed by atoms with Gasteiger partial charge in [-0.05, 0) is 56.2 Å². The fraction of sp³-hybridized carbons (Fsp3) is 0.560. The first-order valence-corrected chi connectivity index (χ1v) is 11.6. The molecule has 0 radical (unpaired) electrons. The molecule has 0 unspecified atom stereocenters. The molecule has 1 aromatic carbocycles. The van der Waals surface area contributed by atoms with Crippen molar-refractivity contribution in [1.29, 1.82) is 5.26 Å². The number of aromatic nitrogens is 2. The molecule has 7 heteroatoms. The van der Waals surface area contributed by atoms with E-state index in [1.165, 1.54) is 5.56 Å². The van der Waals surface area contributed by atoms with Crippen molar-refractivity contribution in [2.45, 2.75) is 58.9 Å². The SMILES string of the molecule is CCOc1ncc(Nc2cc([C@@H](CC#N)C(C)C)ccc2N(CC)C2CCOCC2)cn1. The first-order chi connectivity index (χ1) is 15.6. The molecule has 2 heterocycles. The molecule has 0 amide bonds. The van der Waals surface area contributed by atoms with E-state index in [1.807, 2.05) is 6.92 Å². The number of nitrogens with one attached hydrogen (secondary N) is 1. The van der Waals surface area contributed by atoms with Crippen LogP contribution < -0.4 is 15.0 Å². The Morgan fingerprint density at radius 1 is 1.22 bits per heavy atom. The summed E-state index contributed by atoms with van der Waals surface area (Å²) in [5, 5.41) is 12.9. The third-order valence-corrected chi connectivity index (χ3v) is 6.03. The highest BCUT2D eigenvalue weighted by atomic mass is 16.5. The van der Waals surface area contributed by atoms with Gasteiger partial charge in [0, 0.05) is 32.2 Å². The fourth-order valence-corrected chi connectivity index (χ4v) is 4.33. The minimum absolute atomic E-state index is 0.185. The molecule has 1 aliphatic rings. The molecular formula is C25H35N5O2. The topological polar surface area (TPSA) is 83.3 Å². The van der Waals surface area contributed by atoms with E-state index in [-0.39, 0.29) is 5.92 Å². The number of anilines is 3. The molecule has 32 heavy (non-hydrogen) atoms. The molecule has 1 N–H and O–H groups in total. The monoisotopic (exact) mass is 437 g/mol. The average Bonchev–Trinajstić information content (AvgIpc) is 2.81. The van der Waals surface area contributed by atoms with Gasteiger partial charge in [0.1, 0.15) is 0 Å². The lowest BCUT2D eigenvalue weighted by Crippen LogP contribution is -2.39. The van der Waals surface area contributed by atoms with Crippen LogP contribution in [0.3, 0.4) is 0 Å². The lowest BCUT2D eigenvalue weighted by atomic mass is 9.85. The second-order valence-corrected chi connectivity index (χ2v) is 8.43. The van der Waals surface area contributed by atoms with Gasteiger partial charge in [-0.25, -0.2) is 9.97 Å². The second-order valence-electron chi connectivity index (χ2n) is 8.43. The molecule has 1 aliphatic heterocycles. The molecule has 7 nitrogen and oxygen atoms in total. The predicted octanol–water partition coefficient (Wildman–Crippen LogP) is 5.28. The summed E-state index contributed by atoms with van der Waals surface area (Å²) in [5.74, 6) is 0.560. The van der Waals surface area contributed by atoms with Gasteiger partial charge in [0.25, 0.3) is 0 Å². The molecule has 0 bridgehead atoms. The molecule has 0 saturated carbocycles. The molecule has 1 atom stereocenters. The number of rotatable bonds is 10. The van der Waals surface area contributed by atoms with Crippen LogP contribution in [-0.2, 0) is 4.74 Å². The lowest BCUT2D eigenvalue weighted by Gasteiger charge is -2.37. The number of nitrogens with zero attached hydrogens (tertiary/aromatic N) is 4. The molecule has 0 aliphatic carbocycles. The van der Waals surface area contributed by atoms with Crippen molar-refractivity contribution in [2.75, 3.05) is 36.6 Å². The number of hydrogen-bond acceptors (Lipinski definition) is 7. The average molecular weight is 438 g/mol. The molecular weight excluding hydrogens is 402 g/mol. The van der Waals surface area contributed by atoms with E-state index in [1.54, 1.807) is 12.4 Å². The summed E-state index contributed by atoms with van der Waals surface area (Å²) in [7, 11) is 0. The number of hydrogen-bond donors (Lipinski definition) is 1. The van der Waals surface area contributed by atoms with Crippen molar-refractivity contribution in [2.24, 2.45) is 5.92 Å². The molecule has 0 spiro atoms. The maximum atomic E-state index is 9.36.